The number of hydrogen-bond donors (Lipinski definition) is 1. The van der Waals surface area contributed by atoms with Crippen LogP contribution in [0.15, 0.2) is 29.2 Å². The predicted octanol–water partition coefficient (Wildman–Crippen LogP) is 5.29. The summed E-state index contributed by atoms with van der Waals surface area (Å²) in [5.74, 6) is 0. The van der Waals surface area contributed by atoms with Crippen molar-refractivity contribution in [3.05, 3.63) is 29.3 Å². The van der Waals surface area contributed by atoms with Crippen molar-refractivity contribution < 1.29 is 8.42 Å². The highest BCUT2D eigenvalue weighted by Gasteiger charge is 2.19. The molecular weight excluding hydrogens is 330 g/mol. The molecule has 1 aliphatic carbocycles. The minimum absolute atomic E-state index is 0.0510. The van der Waals surface area contributed by atoms with Gasteiger partial charge in [0, 0.05) is 11.1 Å². The number of sulfonamides is 1. The molecule has 5 heteroatoms. The van der Waals surface area contributed by atoms with Crippen LogP contribution in [0.4, 0.5) is 0 Å². The van der Waals surface area contributed by atoms with Gasteiger partial charge in [0.15, 0.2) is 0 Å². The van der Waals surface area contributed by atoms with E-state index in [9.17, 15) is 8.42 Å². The molecule has 1 fully saturated rings. The number of nitrogens with one attached hydrogen (secondary N) is 1. The monoisotopic (exact) mass is 357 g/mol. The van der Waals surface area contributed by atoms with Crippen LogP contribution in [0.25, 0.3) is 0 Å². The summed E-state index contributed by atoms with van der Waals surface area (Å²) < 4.78 is 28.0. The molecule has 2 rings (SSSR count). The first-order chi connectivity index (χ1) is 11.1. The molecule has 0 bridgehead atoms. The number of hydrogen-bond acceptors (Lipinski definition) is 2. The maximum absolute atomic E-state index is 12.5. The first kappa shape index (κ1) is 18.8. The summed E-state index contributed by atoms with van der Waals surface area (Å²) in [5.41, 5.74) is 0. The van der Waals surface area contributed by atoms with Crippen molar-refractivity contribution in [2.24, 2.45) is 0 Å². The molecule has 130 valence electrons. The summed E-state index contributed by atoms with van der Waals surface area (Å²) in [6, 6.07) is 6.43. The molecule has 0 aliphatic heterocycles. The zero-order valence-corrected chi connectivity index (χ0v) is 15.3. The molecule has 1 aromatic rings. The average molecular weight is 358 g/mol. The lowest BCUT2D eigenvalue weighted by Gasteiger charge is -2.19. The molecular formula is C18H28ClNO2S. The molecule has 0 spiro atoms. The van der Waals surface area contributed by atoms with Crippen molar-refractivity contribution in [3.8, 4) is 0 Å². The maximum atomic E-state index is 12.5. The Morgan fingerprint density at radius 2 is 1.22 bits per heavy atom. The Hall–Kier alpha value is -0.580. The van der Waals surface area contributed by atoms with E-state index in [1.807, 2.05) is 0 Å². The van der Waals surface area contributed by atoms with Gasteiger partial charge in [0.1, 0.15) is 0 Å². The van der Waals surface area contributed by atoms with Crippen LogP contribution in [0, 0.1) is 0 Å². The number of benzene rings is 1. The van der Waals surface area contributed by atoms with Crippen molar-refractivity contribution in [1.29, 1.82) is 0 Å². The smallest absolute Gasteiger partial charge is 0.208 e. The van der Waals surface area contributed by atoms with E-state index in [4.69, 9.17) is 11.6 Å². The van der Waals surface area contributed by atoms with Crippen LogP contribution in [-0.2, 0) is 10.0 Å². The minimum Gasteiger partial charge on any atom is -0.208 e. The maximum Gasteiger partial charge on any atom is 0.240 e. The lowest BCUT2D eigenvalue weighted by atomic mass is 9.98. The Kier molecular flexibility index (Phi) is 7.87. The van der Waals surface area contributed by atoms with Crippen LogP contribution in [-0.4, -0.2) is 14.5 Å². The van der Waals surface area contributed by atoms with Crippen molar-refractivity contribution in [1.82, 2.24) is 4.72 Å². The highest BCUT2D eigenvalue weighted by atomic mass is 35.5. The van der Waals surface area contributed by atoms with E-state index in [1.165, 1.54) is 44.9 Å². The van der Waals surface area contributed by atoms with Gasteiger partial charge in [0.05, 0.1) is 4.90 Å². The second-order valence-electron chi connectivity index (χ2n) is 6.53. The van der Waals surface area contributed by atoms with Gasteiger partial charge in [0.2, 0.25) is 10.0 Å². The van der Waals surface area contributed by atoms with Crippen molar-refractivity contribution in [2.75, 3.05) is 0 Å². The molecule has 0 saturated heterocycles. The van der Waals surface area contributed by atoms with E-state index in [2.05, 4.69) is 4.72 Å². The van der Waals surface area contributed by atoms with Crippen LogP contribution >= 0.6 is 11.6 Å². The van der Waals surface area contributed by atoms with Crippen molar-refractivity contribution in [2.45, 2.75) is 81.6 Å². The molecule has 0 unspecified atom stereocenters. The Labute approximate surface area is 145 Å². The van der Waals surface area contributed by atoms with Crippen LogP contribution in [0.3, 0.4) is 0 Å². The lowest BCUT2D eigenvalue weighted by molar-refractivity contribution is 0.440. The van der Waals surface area contributed by atoms with E-state index in [0.29, 0.717) is 9.92 Å². The minimum atomic E-state index is -3.45. The van der Waals surface area contributed by atoms with E-state index >= 15 is 0 Å². The molecule has 0 heterocycles. The van der Waals surface area contributed by atoms with Gasteiger partial charge in [-0.15, -0.1) is 0 Å². The van der Waals surface area contributed by atoms with Gasteiger partial charge >= 0.3 is 0 Å². The normalized spacial score (nSPS) is 19.7. The topological polar surface area (TPSA) is 46.2 Å². The molecule has 0 radical (unpaired) electrons. The molecule has 1 N–H and O–H groups in total. The average Bonchev–Trinajstić information content (AvgIpc) is 2.50. The molecule has 1 aromatic carbocycles. The van der Waals surface area contributed by atoms with Gasteiger partial charge < -0.3 is 0 Å². The SMILES string of the molecule is O=S(=O)(NC1CCCCCCCCCCC1)c1ccc(Cl)cc1. The molecule has 1 aliphatic rings. The van der Waals surface area contributed by atoms with Gasteiger partial charge in [-0.1, -0.05) is 69.4 Å². The molecule has 0 amide bonds. The Bertz CT molecular complexity index is 545. The van der Waals surface area contributed by atoms with E-state index in [-0.39, 0.29) is 6.04 Å². The second kappa shape index (κ2) is 9.65. The highest BCUT2D eigenvalue weighted by molar-refractivity contribution is 7.89. The zero-order chi connectivity index (χ0) is 16.5. The molecule has 0 atom stereocenters. The summed E-state index contributed by atoms with van der Waals surface area (Å²) in [4.78, 5) is 0.299. The van der Waals surface area contributed by atoms with Crippen LogP contribution in [0.2, 0.25) is 5.02 Å². The summed E-state index contributed by atoms with van der Waals surface area (Å²) >= 11 is 5.84. The quantitative estimate of drug-likeness (QED) is 0.798. The molecule has 0 aromatic heterocycles. The largest absolute Gasteiger partial charge is 0.240 e. The van der Waals surface area contributed by atoms with Gasteiger partial charge in [-0.2, -0.15) is 0 Å². The van der Waals surface area contributed by atoms with Gasteiger partial charge in [-0.25, -0.2) is 13.1 Å². The highest BCUT2D eigenvalue weighted by Crippen LogP contribution is 2.19. The first-order valence-corrected chi connectivity index (χ1v) is 10.7. The van der Waals surface area contributed by atoms with Gasteiger partial charge in [0.25, 0.3) is 0 Å². The Morgan fingerprint density at radius 1 is 0.783 bits per heavy atom. The lowest BCUT2D eigenvalue weighted by Crippen LogP contribution is -2.34. The summed E-state index contributed by atoms with van der Waals surface area (Å²) in [5, 5.41) is 0.551. The zero-order valence-electron chi connectivity index (χ0n) is 13.8. The Morgan fingerprint density at radius 3 is 1.70 bits per heavy atom. The fraction of sp³-hybridized carbons (Fsp3) is 0.667. The summed E-state index contributed by atoms with van der Waals surface area (Å²) in [6.45, 7) is 0. The predicted molar refractivity (Wildman–Crippen MR) is 96.3 cm³/mol. The van der Waals surface area contributed by atoms with Gasteiger partial charge in [-0.3, -0.25) is 0 Å². The third kappa shape index (κ3) is 6.82. The molecule has 1 saturated carbocycles. The molecule has 3 nitrogen and oxygen atoms in total. The fourth-order valence-corrected chi connectivity index (χ4v) is 4.61. The van der Waals surface area contributed by atoms with Crippen molar-refractivity contribution >= 4 is 21.6 Å². The van der Waals surface area contributed by atoms with E-state index < -0.39 is 10.0 Å². The summed E-state index contributed by atoms with van der Waals surface area (Å²) in [7, 11) is -3.45. The van der Waals surface area contributed by atoms with Crippen molar-refractivity contribution in [3.63, 3.8) is 0 Å². The van der Waals surface area contributed by atoms with Crippen LogP contribution < -0.4 is 4.72 Å². The summed E-state index contributed by atoms with van der Waals surface area (Å²) in [6.07, 6.45) is 13.0. The van der Waals surface area contributed by atoms with E-state index in [0.717, 1.165) is 25.7 Å². The standard InChI is InChI=1S/C18H28ClNO2S/c19-16-12-14-18(15-13-16)23(21,22)20-17-10-8-6-4-2-1-3-5-7-9-11-17/h12-15,17,20H,1-11H2. The fourth-order valence-electron chi connectivity index (χ4n) is 3.18. The number of rotatable bonds is 3. The third-order valence-corrected chi connectivity index (χ3v) is 6.34. The van der Waals surface area contributed by atoms with Crippen LogP contribution in [0.5, 0.6) is 0 Å². The van der Waals surface area contributed by atoms with Gasteiger partial charge in [-0.05, 0) is 37.1 Å². The first-order valence-electron chi connectivity index (χ1n) is 8.86. The molecule has 23 heavy (non-hydrogen) atoms. The third-order valence-electron chi connectivity index (χ3n) is 4.55. The van der Waals surface area contributed by atoms with Crippen LogP contribution in [0.1, 0.15) is 70.6 Å². The second-order valence-corrected chi connectivity index (χ2v) is 8.68. The Balaban J connectivity index is 1.97. The number of halogens is 1. The van der Waals surface area contributed by atoms with E-state index in [1.54, 1.807) is 24.3 Å².